The van der Waals surface area contributed by atoms with Crippen molar-refractivity contribution in [3.8, 4) is 16.9 Å². The summed E-state index contributed by atoms with van der Waals surface area (Å²) in [4.78, 5) is 16.4. The van der Waals surface area contributed by atoms with Crippen LogP contribution in [0.1, 0.15) is 54.3 Å². The molecule has 9 heteroatoms. The second-order valence-corrected chi connectivity index (χ2v) is 8.28. The monoisotopic (exact) mass is 468 g/mol. The van der Waals surface area contributed by atoms with Crippen LogP contribution >= 0.6 is 23.2 Å². The number of hydrogen-bond donors (Lipinski definition) is 1. The molecule has 4 nitrogen and oxygen atoms in total. The molecule has 0 spiro atoms. The minimum atomic E-state index is -1.42. The van der Waals surface area contributed by atoms with Crippen LogP contribution in [0.25, 0.3) is 16.9 Å². The van der Waals surface area contributed by atoms with Gasteiger partial charge in [-0.05, 0) is 31.0 Å². The van der Waals surface area contributed by atoms with Gasteiger partial charge in [0.05, 0.1) is 21.4 Å². The third kappa shape index (κ3) is 3.92. The van der Waals surface area contributed by atoms with Gasteiger partial charge in [-0.25, -0.2) is 22.9 Å². The van der Waals surface area contributed by atoms with E-state index in [1.807, 2.05) is 0 Å². The highest BCUT2D eigenvalue weighted by molar-refractivity contribution is 6.31. The number of aromatic nitrogens is 2. The van der Waals surface area contributed by atoms with Gasteiger partial charge < -0.3 is 5.11 Å². The zero-order valence-corrected chi connectivity index (χ0v) is 17.7. The Kier molecular flexibility index (Phi) is 5.99. The maximum Gasteiger partial charge on any atom is 0.356 e. The van der Waals surface area contributed by atoms with Gasteiger partial charge in [0, 0.05) is 17.5 Å². The molecule has 4 rings (SSSR count). The van der Waals surface area contributed by atoms with E-state index in [2.05, 4.69) is 4.98 Å². The van der Waals surface area contributed by atoms with E-state index in [4.69, 9.17) is 23.2 Å². The fourth-order valence-corrected chi connectivity index (χ4v) is 4.42. The Balaban J connectivity index is 2.10. The number of rotatable bonds is 4. The molecule has 162 valence electrons. The second-order valence-electron chi connectivity index (χ2n) is 7.46. The van der Waals surface area contributed by atoms with E-state index >= 15 is 4.39 Å². The van der Waals surface area contributed by atoms with Crippen LogP contribution in [0.2, 0.25) is 10.0 Å². The minimum absolute atomic E-state index is 0.0667. The van der Waals surface area contributed by atoms with Crippen molar-refractivity contribution in [3.63, 3.8) is 0 Å². The van der Waals surface area contributed by atoms with Crippen LogP contribution in [0, 0.1) is 17.5 Å². The Morgan fingerprint density at radius 2 is 1.74 bits per heavy atom. The number of halogens is 5. The molecule has 1 aliphatic rings. The molecule has 0 atom stereocenters. The molecule has 0 unspecified atom stereocenters. The Hall–Kier alpha value is -2.51. The van der Waals surface area contributed by atoms with E-state index in [-0.39, 0.29) is 27.9 Å². The first-order valence-corrected chi connectivity index (χ1v) is 10.5. The summed E-state index contributed by atoms with van der Waals surface area (Å²) >= 11 is 11.8. The molecular weight excluding hydrogens is 452 g/mol. The normalized spacial score (nSPS) is 14.7. The summed E-state index contributed by atoms with van der Waals surface area (Å²) in [6.45, 7) is 0. The number of imidazole rings is 1. The van der Waals surface area contributed by atoms with E-state index < -0.39 is 34.1 Å². The van der Waals surface area contributed by atoms with Gasteiger partial charge in [-0.3, -0.25) is 4.57 Å². The smallest absolute Gasteiger partial charge is 0.356 e. The van der Waals surface area contributed by atoms with Crippen molar-refractivity contribution in [2.45, 2.75) is 38.0 Å². The molecule has 31 heavy (non-hydrogen) atoms. The number of benzene rings is 2. The summed E-state index contributed by atoms with van der Waals surface area (Å²) in [5.74, 6) is -4.11. The summed E-state index contributed by atoms with van der Waals surface area (Å²) in [6.07, 6.45) is 4.30. The number of aromatic carboxylic acids is 1. The van der Waals surface area contributed by atoms with Crippen molar-refractivity contribution >= 4 is 29.2 Å². The van der Waals surface area contributed by atoms with Gasteiger partial charge >= 0.3 is 5.97 Å². The standard InChI is InChI=1S/C22H17Cl2F3N2O2/c23-13-7-4-8-17(18(13)27)29-20(12-9-14(24)16(26)10-15(12)25)19(22(30)31)28-21(29)11-5-2-1-3-6-11/h4,7-11H,1-3,5-6H2,(H,30,31). The molecule has 0 amide bonds. The number of nitrogens with zero attached hydrogens (tertiary/aromatic N) is 2. The van der Waals surface area contributed by atoms with Crippen molar-refractivity contribution in [1.82, 2.24) is 9.55 Å². The van der Waals surface area contributed by atoms with E-state index in [1.54, 1.807) is 0 Å². The van der Waals surface area contributed by atoms with E-state index in [1.165, 1.54) is 22.8 Å². The average molecular weight is 469 g/mol. The number of carboxylic acid groups (broad SMARTS) is 1. The van der Waals surface area contributed by atoms with Gasteiger partial charge in [0.1, 0.15) is 17.5 Å². The molecule has 1 fully saturated rings. The van der Waals surface area contributed by atoms with Crippen LogP contribution in [0.5, 0.6) is 0 Å². The van der Waals surface area contributed by atoms with Crippen LogP contribution in [0.4, 0.5) is 13.2 Å². The lowest BCUT2D eigenvalue weighted by Crippen LogP contribution is -2.13. The van der Waals surface area contributed by atoms with Crippen LogP contribution in [-0.4, -0.2) is 20.6 Å². The highest BCUT2D eigenvalue weighted by atomic mass is 35.5. The van der Waals surface area contributed by atoms with Gasteiger partial charge in [-0.15, -0.1) is 0 Å². The number of carboxylic acids is 1. The van der Waals surface area contributed by atoms with E-state index in [9.17, 15) is 18.7 Å². The summed E-state index contributed by atoms with van der Waals surface area (Å²) in [7, 11) is 0. The molecule has 1 N–H and O–H groups in total. The Morgan fingerprint density at radius 1 is 1.03 bits per heavy atom. The highest BCUT2D eigenvalue weighted by Crippen LogP contribution is 2.40. The van der Waals surface area contributed by atoms with Gasteiger partial charge in [0.15, 0.2) is 11.5 Å². The van der Waals surface area contributed by atoms with Crippen molar-refractivity contribution in [1.29, 1.82) is 0 Å². The lowest BCUT2D eigenvalue weighted by atomic mass is 9.88. The molecule has 2 aromatic carbocycles. The van der Waals surface area contributed by atoms with E-state index in [0.29, 0.717) is 11.9 Å². The lowest BCUT2D eigenvalue weighted by molar-refractivity contribution is 0.0691. The Morgan fingerprint density at radius 3 is 2.42 bits per heavy atom. The highest BCUT2D eigenvalue weighted by Gasteiger charge is 2.32. The first-order valence-electron chi connectivity index (χ1n) is 9.74. The van der Waals surface area contributed by atoms with Crippen molar-refractivity contribution in [3.05, 3.63) is 69.3 Å². The number of carbonyl (C=O) groups is 1. The van der Waals surface area contributed by atoms with Gasteiger partial charge in [-0.1, -0.05) is 48.5 Å². The average Bonchev–Trinajstić information content (AvgIpc) is 3.14. The summed E-state index contributed by atoms with van der Waals surface area (Å²) in [5.41, 5.74) is -1.05. The summed E-state index contributed by atoms with van der Waals surface area (Å²) in [6, 6.07) is 5.82. The molecule has 0 aliphatic heterocycles. The molecule has 0 saturated heterocycles. The van der Waals surface area contributed by atoms with Crippen LogP contribution in [0.15, 0.2) is 30.3 Å². The largest absolute Gasteiger partial charge is 0.476 e. The SMILES string of the molecule is O=C(O)c1nc(C2CCCCC2)n(-c2cccc(Cl)c2F)c1-c1cc(Cl)c(F)cc1F. The van der Waals surface area contributed by atoms with Crippen molar-refractivity contribution in [2.24, 2.45) is 0 Å². The topological polar surface area (TPSA) is 55.1 Å². The van der Waals surface area contributed by atoms with Gasteiger partial charge in [0.2, 0.25) is 0 Å². The maximum absolute atomic E-state index is 15.1. The fourth-order valence-electron chi connectivity index (χ4n) is 4.08. The Bertz CT molecular complexity index is 1170. The zero-order valence-electron chi connectivity index (χ0n) is 16.1. The minimum Gasteiger partial charge on any atom is -0.476 e. The quantitative estimate of drug-likeness (QED) is 0.419. The molecular formula is C22H17Cl2F3N2O2. The molecule has 0 bridgehead atoms. The molecule has 0 radical (unpaired) electrons. The van der Waals surface area contributed by atoms with Crippen LogP contribution < -0.4 is 0 Å². The van der Waals surface area contributed by atoms with Gasteiger partial charge in [-0.2, -0.15) is 0 Å². The molecule has 1 aromatic heterocycles. The van der Waals surface area contributed by atoms with Crippen molar-refractivity contribution < 1.29 is 23.1 Å². The summed E-state index contributed by atoms with van der Waals surface area (Å²) in [5, 5.41) is 9.25. The first kappa shape index (κ1) is 21.7. The second kappa shape index (κ2) is 8.55. The Labute approximate surface area is 186 Å². The number of hydrogen-bond acceptors (Lipinski definition) is 2. The van der Waals surface area contributed by atoms with Crippen molar-refractivity contribution in [2.75, 3.05) is 0 Å². The van der Waals surface area contributed by atoms with Crippen LogP contribution in [-0.2, 0) is 0 Å². The predicted octanol–water partition coefficient (Wildman–Crippen LogP) is 7.01. The van der Waals surface area contributed by atoms with Crippen LogP contribution in [0.3, 0.4) is 0 Å². The maximum atomic E-state index is 15.1. The molecule has 1 saturated carbocycles. The third-order valence-electron chi connectivity index (χ3n) is 5.51. The van der Waals surface area contributed by atoms with E-state index in [0.717, 1.165) is 38.2 Å². The van der Waals surface area contributed by atoms with Gasteiger partial charge in [0.25, 0.3) is 0 Å². The third-order valence-corrected chi connectivity index (χ3v) is 6.10. The molecule has 1 heterocycles. The lowest BCUT2D eigenvalue weighted by Gasteiger charge is -2.23. The fraction of sp³-hybridized carbons (Fsp3) is 0.273. The first-order chi connectivity index (χ1) is 14.8. The predicted molar refractivity (Wildman–Crippen MR) is 112 cm³/mol. The zero-order chi connectivity index (χ0) is 22.3. The summed E-state index contributed by atoms with van der Waals surface area (Å²) < 4.78 is 45.0. The molecule has 3 aromatic rings. The molecule has 1 aliphatic carbocycles.